The van der Waals surface area contributed by atoms with Gasteiger partial charge in [-0.2, -0.15) is 0 Å². The van der Waals surface area contributed by atoms with Crippen molar-refractivity contribution >= 4 is 10.0 Å². The van der Waals surface area contributed by atoms with Crippen LogP contribution in [0.5, 0.6) is 0 Å². The summed E-state index contributed by atoms with van der Waals surface area (Å²) in [6.07, 6.45) is 0. The molecule has 0 saturated heterocycles. The van der Waals surface area contributed by atoms with Gasteiger partial charge in [0.25, 0.3) is 0 Å². The van der Waals surface area contributed by atoms with Gasteiger partial charge in [-0.1, -0.05) is 26.0 Å². The molecule has 0 bridgehead atoms. The van der Waals surface area contributed by atoms with Crippen molar-refractivity contribution in [3.05, 3.63) is 29.3 Å². The van der Waals surface area contributed by atoms with Crippen molar-refractivity contribution in [3.63, 3.8) is 0 Å². The third kappa shape index (κ3) is 6.13. The van der Waals surface area contributed by atoms with E-state index in [1.54, 1.807) is 13.0 Å². The number of sulfonamides is 1. The molecule has 1 rings (SSSR count). The highest BCUT2D eigenvalue weighted by molar-refractivity contribution is 7.89. The molecule has 0 fully saturated rings. The molecular weight excluding hydrogens is 288 g/mol. The zero-order chi connectivity index (χ0) is 15.9. The summed E-state index contributed by atoms with van der Waals surface area (Å²) in [4.78, 5) is 0.333. The maximum Gasteiger partial charge on any atom is 0.240 e. The first-order chi connectivity index (χ1) is 9.86. The van der Waals surface area contributed by atoms with Crippen molar-refractivity contribution in [2.75, 3.05) is 26.8 Å². The molecule has 0 aliphatic heterocycles. The Balaban J connectivity index is 2.67. The molecule has 0 aromatic heterocycles. The van der Waals surface area contributed by atoms with Crippen LogP contribution in [0.25, 0.3) is 0 Å². The van der Waals surface area contributed by atoms with Crippen molar-refractivity contribution in [1.29, 1.82) is 0 Å². The zero-order valence-corrected chi connectivity index (χ0v) is 14.1. The van der Waals surface area contributed by atoms with Crippen LogP contribution < -0.4 is 10.0 Å². The highest BCUT2D eigenvalue weighted by Gasteiger charge is 2.16. The molecule has 5 nitrogen and oxygen atoms in total. The molecule has 0 heterocycles. The van der Waals surface area contributed by atoms with E-state index < -0.39 is 10.0 Å². The van der Waals surface area contributed by atoms with Gasteiger partial charge in [0, 0.05) is 19.7 Å². The van der Waals surface area contributed by atoms with Gasteiger partial charge in [-0.15, -0.1) is 0 Å². The second-order valence-corrected chi connectivity index (χ2v) is 7.23. The lowest BCUT2D eigenvalue weighted by Crippen LogP contribution is -2.28. The van der Waals surface area contributed by atoms with E-state index in [4.69, 9.17) is 4.74 Å². The summed E-state index contributed by atoms with van der Waals surface area (Å²) in [6.45, 7) is 7.85. The predicted octanol–water partition coefficient (Wildman–Crippen LogP) is 1.67. The van der Waals surface area contributed by atoms with Crippen LogP contribution in [0.3, 0.4) is 0 Å². The predicted molar refractivity (Wildman–Crippen MR) is 84.8 cm³/mol. The van der Waals surface area contributed by atoms with E-state index in [-0.39, 0.29) is 6.54 Å². The van der Waals surface area contributed by atoms with Crippen LogP contribution in [0, 0.1) is 12.8 Å². The van der Waals surface area contributed by atoms with E-state index in [9.17, 15) is 8.42 Å². The van der Waals surface area contributed by atoms with E-state index >= 15 is 0 Å². The van der Waals surface area contributed by atoms with E-state index in [0.717, 1.165) is 11.1 Å². The molecule has 6 heteroatoms. The van der Waals surface area contributed by atoms with E-state index in [1.165, 1.54) is 0 Å². The lowest BCUT2D eigenvalue weighted by molar-refractivity contribution is 0.114. The standard InChI is InChI=1S/C15H26N2O3S/c1-12(2)11-20-8-7-17-21(18,19)15-9-14(10-16-4)6-5-13(15)3/h5-6,9,12,16-17H,7-8,10-11H2,1-4H3. The molecule has 2 N–H and O–H groups in total. The minimum absolute atomic E-state index is 0.282. The van der Waals surface area contributed by atoms with Crippen molar-refractivity contribution in [2.45, 2.75) is 32.2 Å². The van der Waals surface area contributed by atoms with Gasteiger partial charge in [0.2, 0.25) is 10.0 Å². The summed E-state index contributed by atoms with van der Waals surface area (Å²) >= 11 is 0. The van der Waals surface area contributed by atoms with Crippen molar-refractivity contribution in [1.82, 2.24) is 10.0 Å². The smallest absolute Gasteiger partial charge is 0.240 e. The number of hydrogen-bond donors (Lipinski definition) is 2. The number of benzene rings is 1. The molecule has 0 spiro atoms. The van der Waals surface area contributed by atoms with Gasteiger partial charge in [0.05, 0.1) is 11.5 Å². The Kier molecular flexibility index (Phi) is 7.31. The quantitative estimate of drug-likeness (QED) is 0.680. The summed E-state index contributed by atoms with van der Waals surface area (Å²) in [5.41, 5.74) is 1.69. The minimum atomic E-state index is -3.49. The monoisotopic (exact) mass is 314 g/mol. The van der Waals surface area contributed by atoms with E-state index in [1.807, 2.05) is 19.2 Å². The lowest BCUT2D eigenvalue weighted by Gasteiger charge is -2.12. The third-order valence-electron chi connectivity index (χ3n) is 2.91. The van der Waals surface area contributed by atoms with E-state index in [2.05, 4.69) is 23.9 Å². The van der Waals surface area contributed by atoms with Crippen LogP contribution in [-0.4, -0.2) is 35.2 Å². The van der Waals surface area contributed by atoms with E-state index in [0.29, 0.717) is 30.6 Å². The van der Waals surface area contributed by atoms with Crippen LogP contribution in [0.4, 0.5) is 0 Å². The van der Waals surface area contributed by atoms with Crippen molar-refractivity contribution < 1.29 is 13.2 Å². The topological polar surface area (TPSA) is 67.4 Å². The van der Waals surface area contributed by atoms with Gasteiger partial charge in [0.1, 0.15) is 0 Å². The maximum absolute atomic E-state index is 12.3. The molecule has 0 radical (unpaired) electrons. The highest BCUT2D eigenvalue weighted by atomic mass is 32.2. The first kappa shape index (κ1) is 18.1. The largest absolute Gasteiger partial charge is 0.380 e. The van der Waals surface area contributed by atoms with Crippen LogP contribution in [0.15, 0.2) is 23.1 Å². The van der Waals surface area contributed by atoms with Gasteiger partial charge < -0.3 is 10.1 Å². The first-order valence-electron chi connectivity index (χ1n) is 7.18. The minimum Gasteiger partial charge on any atom is -0.380 e. The highest BCUT2D eigenvalue weighted by Crippen LogP contribution is 2.16. The lowest BCUT2D eigenvalue weighted by atomic mass is 10.1. The molecule has 0 atom stereocenters. The summed E-state index contributed by atoms with van der Waals surface area (Å²) in [5.74, 6) is 0.446. The normalized spacial score (nSPS) is 12.0. The molecular formula is C15H26N2O3S. The van der Waals surface area contributed by atoms with Gasteiger partial charge in [-0.25, -0.2) is 13.1 Å². The summed E-state index contributed by atoms with van der Waals surface area (Å²) in [6, 6.07) is 5.47. The van der Waals surface area contributed by atoms with Crippen LogP contribution in [0.2, 0.25) is 0 Å². The average Bonchev–Trinajstić information content (AvgIpc) is 2.40. The molecule has 0 unspecified atom stereocenters. The van der Waals surface area contributed by atoms with Gasteiger partial charge in [-0.3, -0.25) is 0 Å². The van der Waals surface area contributed by atoms with Gasteiger partial charge in [-0.05, 0) is 37.1 Å². The molecule has 21 heavy (non-hydrogen) atoms. The van der Waals surface area contributed by atoms with Gasteiger partial charge in [0.15, 0.2) is 0 Å². The van der Waals surface area contributed by atoms with Crippen LogP contribution in [0.1, 0.15) is 25.0 Å². The molecule has 1 aromatic rings. The number of ether oxygens (including phenoxy) is 1. The first-order valence-corrected chi connectivity index (χ1v) is 8.66. The molecule has 0 saturated carbocycles. The fourth-order valence-electron chi connectivity index (χ4n) is 1.89. The Morgan fingerprint density at radius 1 is 1.29 bits per heavy atom. The van der Waals surface area contributed by atoms with Crippen molar-refractivity contribution in [2.24, 2.45) is 5.92 Å². The number of nitrogens with one attached hydrogen (secondary N) is 2. The average molecular weight is 314 g/mol. The Morgan fingerprint density at radius 2 is 2.00 bits per heavy atom. The Bertz CT molecular complexity index is 542. The summed E-state index contributed by atoms with van der Waals surface area (Å²) < 4.78 is 32.6. The summed E-state index contributed by atoms with van der Waals surface area (Å²) in [5, 5.41) is 3.02. The second-order valence-electron chi connectivity index (χ2n) is 5.50. The SMILES string of the molecule is CNCc1ccc(C)c(S(=O)(=O)NCCOCC(C)C)c1. The molecule has 0 amide bonds. The van der Waals surface area contributed by atoms with Crippen molar-refractivity contribution in [3.8, 4) is 0 Å². The Labute approximate surface area is 128 Å². The van der Waals surface area contributed by atoms with Gasteiger partial charge >= 0.3 is 0 Å². The molecule has 0 aliphatic carbocycles. The van der Waals surface area contributed by atoms with Crippen LogP contribution in [-0.2, 0) is 21.3 Å². The molecule has 0 aliphatic rings. The maximum atomic E-state index is 12.3. The Morgan fingerprint density at radius 3 is 2.62 bits per heavy atom. The summed E-state index contributed by atoms with van der Waals surface area (Å²) in [7, 11) is -1.66. The fourth-order valence-corrected chi connectivity index (χ4v) is 3.20. The zero-order valence-electron chi connectivity index (χ0n) is 13.3. The molecule has 120 valence electrons. The number of rotatable bonds is 9. The second kappa shape index (κ2) is 8.48. The fraction of sp³-hybridized carbons (Fsp3) is 0.600. The van der Waals surface area contributed by atoms with Crippen LogP contribution >= 0.6 is 0 Å². The number of aryl methyl sites for hydroxylation is 1. The third-order valence-corrected chi connectivity index (χ3v) is 4.52. The molecule has 1 aromatic carbocycles. The number of hydrogen-bond acceptors (Lipinski definition) is 4. The Hall–Kier alpha value is -0.950.